The number of hydrogen-bond acceptors (Lipinski definition) is 5. The van der Waals surface area contributed by atoms with E-state index in [-0.39, 0.29) is 11.0 Å². The van der Waals surface area contributed by atoms with Crippen LogP contribution in [0.15, 0.2) is 6.20 Å². The summed E-state index contributed by atoms with van der Waals surface area (Å²) < 4.78 is 0.565. The zero-order valence-electron chi connectivity index (χ0n) is 6.57. The molecule has 0 fully saturated rings. The molecular formula is C7H3ClIN3O2. The predicted octanol–water partition coefficient (Wildman–Crippen LogP) is 1.69. The molecule has 2 N–H and O–H groups in total. The van der Waals surface area contributed by atoms with E-state index in [4.69, 9.17) is 16.7 Å². The van der Waals surface area contributed by atoms with Gasteiger partial charge in [-0.15, -0.1) is 0 Å². The Kier molecular flexibility index (Phi) is 2.31. The Labute approximate surface area is 96.9 Å². The van der Waals surface area contributed by atoms with Gasteiger partial charge in [-0.1, -0.05) is 11.6 Å². The number of halogens is 2. The number of hydrogen-bond donors (Lipinski definition) is 2. The van der Waals surface area contributed by atoms with Gasteiger partial charge >= 0.3 is 6.01 Å². The van der Waals surface area contributed by atoms with Crippen LogP contribution in [0.4, 0.5) is 0 Å². The molecule has 72 valence electrons. The Morgan fingerprint density at radius 1 is 1.29 bits per heavy atom. The van der Waals surface area contributed by atoms with E-state index in [9.17, 15) is 5.11 Å². The van der Waals surface area contributed by atoms with Crippen LogP contribution in [0.5, 0.6) is 11.9 Å². The van der Waals surface area contributed by atoms with E-state index in [0.29, 0.717) is 14.5 Å². The summed E-state index contributed by atoms with van der Waals surface area (Å²) in [5.74, 6) is -0.311. The molecule has 0 amide bonds. The summed E-state index contributed by atoms with van der Waals surface area (Å²) in [6, 6.07) is -0.491. The topological polar surface area (TPSA) is 79.1 Å². The normalized spacial score (nSPS) is 10.7. The lowest BCUT2D eigenvalue weighted by molar-refractivity contribution is 0.403. The van der Waals surface area contributed by atoms with E-state index in [0.717, 1.165) is 0 Å². The van der Waals surface area contributed by atoms with Gasteiger partial charge in [-0.3, -0.25) is 0 Å². The van der Waals surface area contributed by atoms with Crippen molar-refractivity contribution in [2.24, 2.45) is 0 Å². The first-order chi connectivity index (χ1) is 6.59. The minimum atomic E-state index is -0.491. The molecule has 0 atom stereocenters. The lowest BCUT2D eigenvalue weighted by Crippen LogP contribution is -1.90. The molecule has 0 aliphatic heterocycles. The van der Waals surface area contributed by atoms with Gasteiger partial charge in [0.05, 0.1) is 14.5 Å². The molecule has 0 bridgehead atoms. The van der Waals surface area contributed by atoms with Gasteiger partial charge in [0, 0.05) is 6.20 Å². The van der Waals surface area contributed by atoms with Gasteiger partial charge in [0.2, 0.25) is 5.88 Å². The molecule has 0 radical (unpaired) electrons. The van der Waals surface area contributed by atoms with E-state index in [1.165, 1.54) is 6.20 Å². The van der Waals surface area contributed by atoms with Crippen molar-refractivity contribution in [1.82, 2.24) is 15.0 Å². The second-order valence-corrected chi connectivity index (χ2v) is 3.91. The third kappa shape index (κ3) is 1.44. The Morgan fingerprint density at radius 3 is 2.71 bits per heavy atom. The monoisotopic (exact) mass is 323 g/mol. The molecule has 0 unspecified atom stereocenters. The van der Waals surface area contributed by atoms with Gasteiger partial charge in [0.1, 0.15) is 5.15 Å². The van der Waals surface area contributed by atoms with Gasteiger partial charge < -0.3 is 10.2 Å². The molecule has 7 heteroatoms. The zero-order valence-corrected chi connectivity index (χ0v) is 9.48. The number of rotatable bonds is 0. The molecule has 0 saturated carbocycles. The van der Waals surface area contributed by atoms with Crippen molar-refractivity contribution in [2.75, 3.05) is 0 Å². The standard InChI is InChI=1S/C7H3ClIN3O2/c8-5-3(9)4-2(1-10-5)6(13)12-7(14)11-4/h1H,(H2,11,12,13,14). The molecule has 0 spiro atoms. The molecule has 0 saturated heterocycles. The van der Waals surface area contributed by atoms with Crippen LogP contribution in [-0.2, 0) is 0 Å². The van der Waals surface area contributed by atoms with Gasteiger partial charge in [0.15, 0.2) is 0 Å². The van der Waals surface area contributed by atoms with Crippen LogP contribution in [0.1, 0.15) is 0 Å². The highest BCUT2D eigenvalue weighted by molar-refractivity contribution is 14.1. The quantitative estimate of drug-likeness (QED) is 0.570. The maximum absolute atomic E-state index is 9.37. The summed E-state index contributed by atoms with van der Waals surface area (Å²) in [6.45, 7) is 0. The molecule has 0 aliphatic rings. The largest absolute Gasteiger partial charge is 0.493 e. The zero-order chi connectivity index (χ0) is 10.3. The van der Waals surface area contributed by atoms with Crippen LogP contribution in [0.2, 0.25) is 5.15 Å². The van der Waals surface area contributed by atoms with Crippen molar-refractivity contribution in [3.05, 3.63) is 14.9 Å². The van der Waals surface area contributed by atoms with Crippen LogP contribution in [0.3, 0.4) is 0 Å². The molecule has 14 heavy (non-hydrogen) atoms. The fourth-order valence-electron chi connectivity index (χ4n) is 1.01. The number of aromatic nitrogens is 3. The highest BCUT2D eigenvalue weighted by Crippen LogP contribution is 2.29. The maximum atomic E-state index is 9.37. The predicted molar refractivity (Wildman–Crippen MR) is 58.4 cm³/mol. The van der Waals surface area contributed by atoms with Crippen molar-refractivity contribution in [1.29, 1.82) is 0 Å². The molecule has 0 aliphatic carbocycles. The van der Waals surface area contributed by atoms with Crippen LogP contribution in [0.25, 0.3) is 10.9 Å². The van der Waals surface area contributed by atoms with Crippen LogP contribution >= 0.6 is 34.2 Å². The summed E-state index contributed by atoms with van der Waals surface area (Å²) in [5, 5.41) is 19.1. The lowest BCUT2D eigenvalue weighted by Gasteiger charge is -2.02. The van der Waals surface area contributed by atoms with Crippen molar-refractivity contribution in [2.45, 2.75) is 0 Å². The summed E-state index contributed by atoms with van der Waals surface area (Å²) >= 11 is 7.68. The van der Waals surface area contributed by atoms with E-state index < -0.39 is 6.01 Å². The summed E-state index contributed by atoms with van der Waals surface area (Å²) in [7, 11) is 0. The second-order valence-electron chi connectivity index (χ2n) is 2.47. The maximum Gasteiger partial charge on any atom is 0.317 e. The molecule has 2 aromatic rings. The van der Waals surface area contributed by atoms with Gasteiger partial charge in [-0.2, -0.15) is 9.97 Å². The molecule has 2 heterocycles. The Balaban J connectivity index is 2.95. The smallest absolute Gasteiger partial charge is 0.317 e. The number of pyridine rings is 1. The average Bonchev–Trinajstić information content (AvgIpc) is 2.12. The Bertz CT molecular complexity index is 520. The second kappa shape index (κ2) is 3.35. The van der Waals surface area contributed by atoms with Gasteiger partial charge in [-0.25, -0.2) is 4.98 Å². The van der Waals surface area contributed by atoms with E-state index in [2.05, 4.69) is 15.0 Å². The first-order valence-electron chi connectivity index (χ1n) is 3.49. The third-order valence-electron chi connectivity index (χ3n) is 1.61. The lowest BCUT2D eigenvalue weighted by atomic mass is 10.3. The SMILES string of the molecule is Oc1nc(O)c2cnc(Cl)c(I)c2n1. The van der Waals surface area contributed by atoms with Crippen LogP contribution < -0.4 is 0 Å². The molecule has 2 aromatic heterocycles. The molecule has 0 aromatic carbocycles. The first-order valence-corrected chi connectivity index (χ1v) is 4.95. The number of nitrogens with zero attached hydrogens (tertiary/aromatic N) is 3. The molecule has 5 nitrogen and oxygen atoms in total. The van der Waals surface area contributed by atoms with Gasteiger partial charge in [0.25, 0.3) is 0 Å². The molecular weight excluding hydrogens is 320 g/mol. The minimum Gasteiger partial charge on any atom is -0.493 e. The average molecular weight is 323 g/mol. The van der Waals surface area contributed by atoms with E-state index in [1.807, 2.05) is 22.6 Å². The Hall–Kier alpha value is -0.890. The summed E-state index contributed by atoms with van der Waals surface area (Å²) in [6.07, 6.45) is 1.36. The highest BCUT2D eigenvalue weighted by Gasteiger charge is 2.11. The third-order valence-corrected chi connectivity index (χ3v) is 3.24. The Morgan fingerprint density at radius 2 is 2.00 bits per heavy atom. The summed E-state index contributed by atoms with van der Waals surface area (Å²) in [5.41, 5.74) is 0.385. The molecule has 2 rings (SSSR count). The fourth-order valence-corrected chi connectivity index (χ4v) is 1.70. The van der Waals surface area contributed by atoms with Crippen molar-refractivity contribution < 1.29 is 10.2 Å². The van der Waals surface area contributed by atoms with Crippen LogP contribution in [-0.4, -0.2) is 25.2 Å². The van der Waals surface area contributed by atoms with E-state index >= 15 is 0 Å². The van der Waals surface area contributed by atoms with E-state index in [1.54, 1.807) is 0 Å². The minimum absolute atomic E-state index is 0.274. The number of fused-ring (bicyclic) bond motifs is 1. The first kappa shape index (κ1) is 9.66. The van der Waals surface area contributed by atoms with Crippen molar-refractivity contribution in [3.63, 3.8) is 0 Å². The fraction of sp³-hybridized carbons (Fsp3) is 0. The van der Waals surface area contributed by atoms with Crippen molar-refractivity contribution in [3.8, 4) is 11.9 Å². The van der Waals surface area contributed by atoms with Crippen LogP contribution in [0, 0.1) is 3.57 Å². The highest BCUT2D eigenvalue weighted by atomic mass is 127. The summed E-state index contributed by atoms with van der Waals surface area (Å²) in [4.78, 5) is 11.0. The number of aromatic hydroxyl groups is 2. The van der Waals surface area contributed by atoms with Crippen molar-refractivity contribution >= 4 is 45.1 Å². The van der Waals surface area contributed by atoms with Gasteiger partial charge in [-0.05, 0) is 22.6 Å².